The molecule has 0 radical (unpaired) electrons. The van der Waals surface area contributed by atoms with Crippen LogP contribution in [-0.4, -0.2) is 16.3 Å². The molecule has 18 heavy (non-hydrogen) atoms. The van der Waals surface area contributed by atoms with Crippen molar-refractivity contribution in [3.63, 3.8) is 0 Å². The van der Waals surface area contributed by atoms with Gasteiger partial charge in [0, 0.05) is 17.9 Å². The second-order valence-electron chi connectivity index (χ2n) is 4.50. The van der Waals surface area contributed by atoms with Crippen molar-refractivity contribution in [2.45, 2.75) is 27.3 Å². The number of anilines is 1. The second-order valence-corrected chi connectivity index (χ2v) is 5.29. The number of aromatic nitrogens is 2. The Morgan fingerprint density at radius 1 is 1.17 bits per heavy atom. The predicted octanol–water partition coefficient (Wildman–Crippen LogP) is 3.68. The fraction of sp³-hybridized carbons (Fsp3) is 0.357. The molecule has 96 valence electrons. The third-order valence-electron chi connectivity index (χ3n) is 3.00. The number of halogens is 1. The van der Waals surface area contributed by atoms with Crippen LogP contribution in [0.2, 0.25) is 0 Å². The Morgan fingerprint density at radius 3 is 2.39 bits per heavy atom. The molecule has 0 fully saturated rings. The van der Waals surface area contributed by atoms with E-state index in [2.05, 4.69) is 64.5 Å². The minimum absolute atomic E-state index is 0.867. The number of hydrogen-bond donors (Lipinski definition) is 1. The van der Waals surface area contributed by atoms with Crippen LogP contribution in [0.1, 0.15) is 17.0 Å². The van der Waals surface area contributed by atoms with Gasteiger partial charge in [0.15, 0.2) is 0 Å². The van der Waals surface area contributed by atoms with Gasteiger partial charge < -0.3 is 5.32 Å². The van der Waals surface area contributed by atoms with Crippen molar-refractivity contribution in [2.75, 3.05) is 11.9 Å². The molecule has 2 rings (SSSR count). The van der Waals surface area contributed by atoms with E-state index in [1.165, 1.54) is 11.3 Å². The van der Waals surface area contributed by atoms with Gasteiger partial charge in [-0.25, -0.2) is 0 Å². The van der Waals surface area contributed by atoms with Crippen molar-refractivity contribution < 1.29 is 0 Å². The van der Waals surface area contributed by atoms with Crippen molar-refractivity contribution in [1.29, 1.82) is 0 Å². The molecule has 0 aliphatic heterocycles. The van der Waals surface area contributed by atoms with Gasteiger partial charge in [-0.2, -0.15) is 5.10 Å². The first-order valence-electron chi connectivity index (χ1n) is 6.08. The number of benzene rings is 1. The topological polar surface area (TPSA) is 29.9 Å². The maximum atomic E-state index is 4.48. The zero-order chi connectivity index (χ0) is 13.1. The Bertz CT molecular complexity index is 529. The largest absolute Gasteiger partial charge is 0.383 e. The first kappa shape index (κ1) is 13.1. The van der Waals surface area contributed by atoms with E-state index in [0.29, 0.717) is 0 Å². The maximum absolute atomic E-state index is 4.48. The number of nitrogens with zero attached hydrogens (tertiary/aromatic N) is 2. The SMILES string of the molecule is Cc1ccc(NCCn2nc(C)c(Br)c2C)cc1. The number of aryl methyl sites for hydroxylation is 2. The van der Waals surface area contributed by atoms with Crippen molar-refractivity contribution in [3.05, 3.63) is 45.7 Å². The normalized spacial score (nSPS) is 10.7. The third kappa shape index (κ3) is 2.93. The average molecular weight is 308 g/mol. The highest BCUT2D eigenvalue weighted by atomic mass is 79.9. The Kier molecular flexibility index (Phi) is 4.07. The summed E-state index contributed by atoms with van der Waals surface area (Å²) in [5, 5.41) is 7.88. The predicted molar refractivity (Wildman–Crippen MR) is 79.1 cm³/mol. The van der Waals surface area contributed by atoms with Gasteiger partial charge in [-0.1, -0.05) is 17.7 Å². The summed E-state index contributed by atoms with van der Waals surface area (Å²) in [5.41, 5.74) is 4.66. The molecule has 1 aromatic carbocycles. The van der Waals surface area contributed by atoms with Crippen LogP contribution >= 0.6 is 15.9 Å². The summed E-state index contributed by atoms with van der Waals surface area (Å²) in [6, 6.07) is 8.43. The van der Waals surface area contributed by atoms with Crippen LogP contribution in [0, 0.1) is 20.8 Å². The Morgan fingerprint density at radius 2 is 1.83 bits per heavy atom. The number of nitrogens with one attached hydrogen (secondary N) is 1. The summed E-state index contributed by atoms with van der Waals surface area (Å²) in [6.45, 7) is 7.93. The van der Waals surface area contributed by atoms with Crippen LogP contribution in [0.4, 0.5) is 5.69 Å². The lowest BCUT2D eigenvalue weighted by Crippen LogP contribution is -2.12. The molecule has 0 amide bonds. The molecular weight excluding hydrogens is 290 g/mol. The molecule has 1 heterocycles. The summed E-state index contributed by atoms with van der Waals surface area (Å²) in [7, 11) is 0. The first-order valence-corrected chi connectivity index (χ1v) is 6.87. The Labute approximate surface area is 116 Å². The lowest BCUT2D eigenvalue weighted by molar-refractivity contribution is 0.615. The van der Waals surface area contributed by atoms with E-state index in [1.807, 2.05) is 11.6 Å². The van der Waals surface area contributed by atoms with E-state index < -0.39 is 0 Å². The molecule has 0 saturated carbocycles. The van der Waals surface area contributed by atoms with Crippen LogP contribution in [0.5, 0.6) is 0 Å². The molecule has 4 heteroatoms. The molecule has 0 aliphatic rings. The van der Waals surface area contributed by atoms with E-state index in [-0.39, 0.29) is 0 Å². The molecule has 1 aromatic heterocycles. The highest BCUT2D eigenvalue weighted by Crippen LogP contribution is 2.19. The smallest absolute Gasteiger partial charge is 0.0738 e. The highest BCUT2D eigenvalue weighted by Gasteiger charge is 2.07. The fourth-order valence-electron chi connectivity index (χ4n) is 1.87. The van der Waals surface area contributed by atoms with Crippen LogP contribution in [-0.2, 0) is 6.54 Å². The number of hydrogen-bond acceptors (Lipinski definition) is 2. The zero-order valence-corrected chi connectivity index (χ0v) is 12.6. The van der Waals surface area contributed by atoms with Crippen LogP contribution in [0.3, 0.4) is 0 Å². The van der Waals surface area contributed by atoms with Crippen LogP contribution in [0.25, 0.3) is 0 Å². The van der Waals surface area contributed by atoms with Gasteiger partial charge in [0.25, 0.3) is 0 Å². The second kappa shape index (κ2) is 5.57. The molecule has 0 bridgehead atoms. The summed E-state index contributed by atoms with van der Waals surface area (Å²) >= 11 is 3.54. The summed E-state index contributed by atoms with van der Waals surface area (Å²) in [4.78, 5) is 0. The van der Waals surface area contributed by atoms with Crippen molar-refractivity contribution in [2.24, 2.45) is 0 Å². The van der Waals surface area contributed by atoms with Gasteiger partial charge >= 0.3 is 0 Å². The van der Waals surface area contributed by atoms with Crippen molar-refractivity contribution in [1.82, 2.24) is 9.78 Å². The summed E-state index contributed by atoms with van der Waals surface area (Å²) < 4.78 is 3.14. The van der Waals surface area contributed by atoms with Crippen LogP contribution < -0.4 is 5.32 Å². The Hall–Kier alpha value is -1.29. The van der Waals surface area contributed by atoms with Gasteiger partial charge in [-0.15, -0.1) is 0 Å². The maximum Gasteiger partial charge on any atom is 0.0738 e. The first-order chi connectivity index (χ1) is 8.58. The summed E-state index contributed by atoms with van der Waals surface area (Å²) in [5.74, 6) is 0. The van der Waals surface area contributed by atoms with E-state index in [4.69, 9.17) is 0 Å². The average Bonchev–Trinajstić information content (AvgIpc) is 2.60. The molecule has 0 unspecified atom stereocenters. The van der Waals surface area contributed by atoms with Gasteiger partial charge in [-0.05, 0) is 48.8 Å². The Balaban J connectivity index is 1.92. The van der Waals surface area contributed by atoms with Crippen LogP contribution in [0.15, 0.2) is 28.7 Å². The quantitative estimate of drug-likeness (QED) is 0.933. The molecule has 3 nitrogen and oxygen atoms in total. The van der Waals surface area contributed by atoms with E-state index in [1.54, 1.807) is 0 Å². The van der Waals surface area contributed by atoms with Crippen molar-refractivity contribution in [3.8, 4) is 0 Å². The van der Waals surface area contributed by atoms with Gasteiger partial charge in [-0.3, -0.25) is 4.68 Å². The number of rotatable bonds is 4. The molecule has 0 atom stereocenters. The standard InChI is InChI=1S/C14H18BrN3/c1-10-4-6-13(7-5-10)16-8-9-18-12(3)14(15)11(2)17-18/h4-7,16H,8-9H2,1-3H3. The molecule has 0 aliphatic carbocycles. The molecular formula is C14H18BrN3. The van der Waals surface area contributed by atoms with Crippen molar-refractivity contribution >= 4 is 21.6 Å². The third-order valence-corrected chi connectivity index (χ3v) is 4.15. The monoisotopic (exact) mass is 307 g/mol. The highest BCUT2D eigenvalue weighted by molar-refractivity contribution is 9.10. The molecule has 1 N–H and O–H groups in total. The minimum atomic E-state index is 0.867. The van der Waals surface area contributed by atoms with E-state index in [9.17, 15) is 0 Å². The van der Waals surface area contributed by atoms with E-state index in [0.717, 1.165) is 28.9 Å². The zero-order valence-electron chi connectivity index (χ0n) is 11.0. The molecule has 0 saturated heterocycles. The van der Waals surface area contributed by atoms with E-state index >= 15 is 0 Å². The van der Waals surface area contributed by atoms with Gasteiger partial charge in [0.1, 0.15) is 0 Å². The summed E-state index contributed by atoms with van der Waals surface area (Å²) in [6.07, 6.45) is 0. The molecule has 2 aromatic rings. The van der Waals surface area contributed by atoms with Gasteiger partial charge in [0.2, 0.25) is 0 Å². The lowest BCUT2D eigenvalue weighted by atomic mass is 10.2. The minimum Gasteiger partial charge on any atom is -0.383 e. The fourth-order valence-corrected chi connectivity index (χ4v) is 2.15. The molecule has 0 spiro atoms. The van der Waals surface area contributed by atoms with Gasteiger partial charge in [0.05, 0.1) is 16.7 Å². The lowest BCUT2D eigenvalue weighted by Gasteiger charge is -2.08.